The number of carbonyl (C=O) groups is 4. The van der Waals surface area contributed by atoms with Crippen LogP contribution in [0.2, 0.25) is 0 Å². The van der Waals surface area contributed by atoms with Gasteiger partial charge in [0.25, 0.3) is 0 Å². The number of ether oxygens (including phenoxy) is 2. The molecular weight excluding hydrogens is 544 g/mol. The Morgan fingerprint density at radius 1 is 0.476 bits per heavy atom. The van der Waals surface area contributed by atoms with Crippen molar-refractivity contribution in [1.82, 2.24) is 0 Å². The second-order valence-electron chi connectivity index (χ2n) is 9.64. The summed E-state index contributed by atoms with van der Waals surface area (Å²) >= 11 is 0. The fraction of sp³-hybridized carbons (Fsp3) is 0.125. The van der Waals surface area contributed by atoms with E-state index >= 15 is 0 Å². The second-order valence-corrected chi connectivity index (χ2v) is 9.64. The van der Waals surface area contributed by atoms with E-state index in [0.29, 0.717) is 16.7 Å². The first kappa shape index (κ1) is 29.3. The van der Waals surface area contributed by atoms with Crippen LogP contribution < -0.4 is 9.47 Å². The standard InChI is InChI=1S/C32H26O10/c1-15-5-10-19(11-6-15)20-12-7-18(4)27(41-21-13-8-16(2)23(29(33)34)25(21)31(37)38)28(20)42-22-14-9-17(3)24(30(35)36)26(22)32(39)40/h5-14H,1-4H3,(H,33,34)(H,35,36)(H,37,38)(H,39,40). The van der Waals surface area contributed by atoms with E-state index in [1.54, 1.807) is 31.2 Å². The Labute approximate surface area is 240 Å². The lowest BCUT2D eigenvalue weighted by molar-refractivity contribution is 0.0647. The average Bonchev–Trinajstić information content (AvgIpc) is 2.91. The predicted octanol–water partition coefficient (Wildman–Crippen LogP) is 6.96. The molecule has 10 nitrogen and oxygen atoms in total. The summed E-state index contributed by atoms with van der Waals surface area (Å²) in [5.74, 6) is -6.60. The number of aromatic carboxylic acids is 4. The Morgan fingerprint density at radius 2 is 0.881 bits per heavy atom. The van der Waals surface area contributed by atoms with Crippen LogP contribution in [0.5, 0.6) is 23.0 Å². The van der Waals surface area contributed by atoms with Crippen LogP contribution in [0.1, 0.15) is 63.7 Å². The fourth-order valence-corrected chi connectivity index (χ4v) is 4.59. The van der Waals surface area contributed by atoms with Gasteiger partial charge in [-0.05, 0) is 62.1 Å². The zero-order valence-corrected chi connectivity index (χ0v) is 23.0. The van der Waals surface area contributed by atoms with Gasteiger partial charge in [0, 0.05) is 5.56 Å². The summed E-state index contributed by atoms with van der Waals surface area (Å²) in [7, 11) is 0. The van der Waals surface area contributed by atoms with Gasteiger partial charge in [0.1, 0.15) is 22.6 Å². The quantitative estimate of drug-likeness (QED) is 0.165. The molecule has 214 valence electrons. The summed E-state index contributed by atoms with van der Waals surface area (Å²) in [6.45, 7) is 6.46. The number of carboxylic acid groups (broad SMARTS) is 4. The van der Waals surface area contributed by atoms with Gasteiger partial charge in [-0.25, -0.2) is 19.2 Å². The van der Waals surface area contributed by atoms with E-state index in [9.17, 15) is 39.6 Å². The highest BCUT2D eigenvalue weighted by atomic mass is 16.5. The lowest BCUT2D eigenvalue weighted by Gasteiger charge is -2.21. The Bertz CT molecular complexity index is 1770. The molecule has 0 heterocycles. The summed E-state index contributed by atoms with van der Waals surface area (Å²) in [4.78, 5) is 48.5. The van der Waals surface area contributed by atoms with Crippen molar-refractivity contribution in [3.05, 3.63) is 105 Å². The van der Waals surface area contributed by atoms with E-state index in [2.05, 4.69) is 0 Å². The van der Waals surface area contributed by atoms with Crippen LogP contribution in [0, 0.1) is 27.7 Å². The molecule has 0 aliphatic heterocycles. The molecule has 42 heavy (non-hydrogen) atoms. The highest BCUT2D eigenvalue weighted by Gasteiger charge is 2.28. The summed E-state index contributed by atoms with van der Waals surface area (Å²) < 4.78 is 12.3. The van der Waals surface area contributed by atoms with Crippen molar-refractivity contribution in [2.24, 2.45) is 0 Å². The molecule has 0 saturated carbocycles. The maximum absolute atomic E-state index is 12.3. The van der Waals surface area contributed by atoms with Gasteiger partial charge >= 0.3 is 23.9 Å². The molecule has 0 spiro atoms. The number of carboxylic acids is 4. The van der Waals surface area contributed by atoms with E-state index in [-0.39, 0.29) is 34.1 Å². The molecule has 0 saturated heterocycles. The van der Waals surface area contributed by atoms with E-state index in [0.717, 1.165) is 5.56 Å². The lowest BCUT2D eigenvalue weighted by Crippen LogP contribution is -2.13. The molecular formula is C32H26O10. The van der Waals surface area contributed by atoms with Crippen molar-refractivity contribution in [1.29, 1.82) is 0 Å². The normalized spacial score (nSPS) is 10.7. The van der Waals surface area contributed by atoms with E-state index < -0.39 is 46.1 Å². The molecule has 4 aromatic carbocycles. The van der Waals surface area contributed by atoms with Gasteiger partial charge in [-0.15, -0.1) is 0 Å². The number of hydrogen-bond donors (Lipinski definition) is 4. The molecule has 4 rings (SSSR count). The topological polar surface area (TPSA) is 168 Å². The Hall–Kier alpha value is -5.64. The molecule has 4 N–H and O–H groups in total. The number of rotatable bonds is 9. The molecule has 10 heteroatoms. The van der Waals surface area contributed by atoms with Crippen LogP contribution >= 0.6 is 0 Å². The number of aryl methyl sites for hydroxylation is 4. The molecule has 0 aliphatic carbocycles. The molecule has 0 atom stereocenters. The van der Waals surface area contributed by atoms with E-state index in [1.165, 1.54) is 38.1 Å². The fourth-order valence-electron chi connectivity index (χ4n) is 4.59. The third-order valence-corrected chi connectivity index (χ3v) is 6.70. The van der Waals surface area contributed by atoms with Crippen molar-refractivity contribution in [2.75, 3.05) is 0 Å². The zero-order chi connectivity index (χ0) is 30.9. The maximum atomic E-state index is 12.3. The summed E-state index contributed by atoms with van der Waals surface area (Å²) in [6.07, 6.45) is 0. The van der Waals surface area contributed by atoms with Crippen molar-refractivity contribution in [2.45, 2.75) is 27.7 Å². The first-order valence-electron chi connectivity index (χ1n) is 12.6. The smallest absolute Gasteiger partial charge is 0.340 e. The molecule has 0 amide bonds. The monoisotopic (exact) mass is 570 g/mol. The van der Waals surface area contributed by atoms with E-state index in [4.69, 9.17) is 9.47 Å². The van der Waals surface area contributed by atoms with Crippen molar-refractivity contribution < 1.29 is 49.1 Å². The zero-order valence-electron chi connectivity index (χ0n) is 23.0. The molecule has 4 aromatic rings. The molecule has 0 unspecified atom stereocenters. The first-order chi connectivity index (χ1) is 19.8. The highest BCUT2D eigenvalue weighted by molar-refractivity contribution is 6.06. The van der Waals surface area contributed by atoms with Gasteiger partial charge in [0.05, 0.1) is 11.1 Å². The summed E-state index contributed by atoms with van der Waals surface area (Å²) in [5, 5.41) is 39.4. The number of hydrogen-bond acceptors (Lipinski definition) is 6. The Kier molecular flexibility index (Phi) is 8.01. The SMILES string of the molecule is Cc1ccc(-c2ccc(C)c(Oc3ccc(C)c(C(=O)O)c3C(=O)O)c2Oc2ccc(C)c(C(=O)O)c2C(=O)O)cc1. The largest absolute Gasteiger partial charge is 0.478 e. The first-order valence-corrected chi connectivity index (χ1v) is 12.6. The van der Waals surface area contributed by atoms with Crippen LogP contribution in [0.25, 0.3) is 11.1 Å². The molecule has 0 bridgehead atoms. The van der Waals surface area contributed by atoms with Gasteiger partial charge < -0.3 is 29.9 Å². The van der Waals surface area contributed by atoms with Gasteiger partial charge in [0.2, 0.25) is 0 Å². The van der Waals surface area contributed by atoms with Gasteiger partial charge in [-0.1, -0.05) is 54.1 Å². The van der Waals surface area contributed by atoms with Gasteiger partial charge in [-0.3, -0.25) is 0 Å². The van der Waals surface area contributed by atoms with E-state index in [1.807, 2.05) is 19.1 Å². The third-order valence-electron chi connectivity index (χ3n) is 6.70. The maximum Gasteiger partial charge on any atom is 0.340 e. The van der Waals surface area contributed by atoms with Gasteiger partial charge in [-0.2, -0.15) is 0 Å². The number of benzene rings is 4. The van der Waals surface area contributed by atoms with Gasteiger partial charge in [0.15, 0.2) is 11.5 Å². The van der Waals surface area contributed by atoms with Crippen LogP contribution in [0.15, 0.2) is 60.7 Å². The average molecular weight is 571 g/mol. The minimum absolute atomic E-state index is 0.0236. The summed E-state index contributed by atoms with van der Waals surface area (Å²) in [5.41, 5.74) is 0.815. The van der Waals surface area contributed by atoms with Crippen LogP contribution in [-0.2, 0) is 0 Å². The second kappa shape index (κ2) is 11.5. The van der Waals surface area contributed by atoms with Crippen LogP contribution in [-0.4, -0.2) is 44.3 Å². The van der Waals surface area contributed by atoms with Crippen molar-refractivity contribution in [3.63, 3.8) is 0 Å². The molecule has 0 fully saturated rings. The van der Waals surface area contributed by atoms with Crippen molar-refractivity contribution in [3.8, 4) is 34.1 Å². The predicted molar refractivity (Wildman–Crippen MR) is 152 cm³/mol. The lowest BCUT2D eigenvalue weighted by atomic mass is 9.99. The molecule has 0 aromatic heterocycles. The minimum Gasteiger partial charge on any atom is -0.478 e. The third kappa shape index (κ3) is 5.50. The highest BCUT2D eigenvalue weighted by Crippen LogP contribution is 2.46. The molecule has 0 aliphatic rings. The van der Waals surface area contributed by atoms with Crippen molar-refractivity contribution >= 4 is 23.9 Å². The summed E-state index contributed by atoms with van der Waals surface area (Å²) in [6, 6.07) is 16.1. The Balaban J connectivity index is 2.03. The minimum atomic E-state index is -1.53. The van der Waals surface area contributed by atoms with Crippen LogP contribution in [0.3, 0.4) is 0 Å². The molecule has 0 radical (unpaired) electrons. The Morgan fingerprint density at radius 3 is 1.31 bits per heavy atom. The van der Waals surface area contributed by atoms with Crippen LogP contribution in [0.4, 0.5) is 0 Å².